The summed E-state index contributed by atoms with van der Waals surface area (Å²) in [5, 5.41) is 16.0. The Labute approximate surface area is 104 Å². The lowest BCUT2D eigenvalue weighted by atomic mass is 10.1. The minimum Gasteiger partial charge on any atom is -0.480 e. The average Bonchev–Trinajstić information content (AvgIpc) is 2.31. The Balaban J connectivity index is 2.47. The minimum atomic E-state index is -1.21. The van der Waals surface area contributed by atoms with Crippen LogP contribution in [-0.2, 0) is 9.59 Å². The molecule has 98 valence electrons. The number of carboxylic acids is 1. The molecule has 7 heteroatoms. The van der Waals surface area contributed by atoms with Crippen molar-refractivity contribution < 1.29 is 19.5 Å². The van der Waals surface area contributed by atoms with Gasteiger partial charge in [0, 0.05) is 13.0 Å². The maximum atomic E-state index is 11.5. The SMILES string of the molecule is C#CCC(NC(=O)NC1CCCNC1=O)C(=O)O. The van der Waals surface area contributed by atoms with Crippen molar-refractivity contribution in [3.8, 4) is 12.3 Å². The van der Waals surface area contributed by atoms with Crippen LogP contribution >= 0.6 is 0 Å². The van der Waals surface area contributed by atoms with Crippen LogP contribution < -0.4 is 16.0 Å². The Bertz CT molecular complexity index is 388. The van der Waals surface area contributed by atoms with E-state index in [1.807, 2.05) is 0 Å². The van der Waals surface area contributed by atoms with E-state index in [1.54, 1.807) is 0 Å². The molecule has 1 fully saturated rings. The van der Waals surface area contributed by atoms with Crippen molar-refractivity contribution in [2.75, 3.05) is 6.54 Å². The molecular weight excluding hydrogens is 238 g/mol. The molecule has 1 saturated heterocycles. The number of aliphatic carboxylic acids is 1. The summed E-state index contributed by atoms with van der Waals surface area (Å²) in [6.07, 6.45) is 6.19. The van der Waals surface area contributed by atoms with Crippen molar-refractivity contribution in [2.45, 2.75) is 31.3 Å². The molecule has 3 amide bonds. The Morgan fingerprint density at radius 1 is 1.61 bits per heavy atom. The van der Waals surface area contributed by atoms with Gasteiger partial charge in [-0.2, -0.15) is 0 Å². The average molecular weight is 253 g/mol. The number of rotatable bonds is 4. The first-order chi connectivity index (χ1) is 8.54. The number of urea groups is 1. The van der Waals surface area contributed by atoms with Gasteiger partial charge in [0.05, 0.1) is 0 Å². The molecule has 0 aromatic rings. The van der Waals surface area contributed by atoms with Gasteiger partial charge in [-0.15, -0.1) is 12.3 Å². The van der Waals surface area contributed by atoms with E-state index in [4.69, 9.17) is 11.5 Å². The van der Waals surface area contributed by atoms with Crippen LogP contribution in [0.2, 0.25) is 0 Å². The zero-order chi connectivity index (χ0) is 13.5. The van der Waals surface area contributed by atoms with Gasteiger partial charge in [-0.25, -0.2) is 9.59 Å². The fraction of sp³-hybridized carbons (Fsp3) is 0.545. The zero-order valence-corrected chi connectivity index (χ0v) is 9.73. The van der Waals surface area contributed by atoms with Crippen molar-refractivity contribution in [2.24, 2.45) is 0 Å². The highest BCUT2D eigenvalue weighted by molar-refractivity contribution is 5.89. The van der Waals surface area contributed by atoms with E-state index in [2.05, 4.69) is 21.9 Å². The van der Waals surface area contributed by atoms with Crippen LogP contribution in [0.1, 0.15) is 19.3 Å². The molecule has 0 aromatic carbocycles. The number of carboxylic acid groups (broad SMARTS) is 1. The molecule has 1 aliphatic rings. The first-order valence-corrected chi connectivity index (χ1v) is 5.55. The number of hydrogen-bond acceptors (Lipinski definition) is 3. The quantitative estimate of drug-likeness (QED) is 0.484. The molecule has 0 radical (unpaired) electrons. The van der Waals surface area contributed by atoms with E-state index in [1.165, 1.54) is 0 Å². The summed E-state index contributed by atoms with van der Waals surface area (Å²) in [7, 11) is 0. The Morgan fingerprint density at radius 2 is 2.33 bits per heavy atom. The fourth-order valence-electron chi connectivity index (χ4n) is 1.59. The van der Waals surface area contributed by atoms with Gasteiger partial charge in [0.25, 0.3) is 0 Å². The molecule has 0 aromatic heterocycles. The third-order valence-electron chi connectivity index (χ3n) is 2.52. The summed E-state index contributed by atoms with van der Waals surface area (Å²) < 4.78 is 0. The maximum absolute atomic E-state index is 11.5. The summed E-state index contributed by atoms with van der Waals surface area (Å²) in [5.74, 6) is 0.689. The lowest BCUT2D eigenvalue weighted by Crippen LogP contribution is -2.55. The number of terminal acetylenes is 1. The molecule has 4 N–H and O–H groups in total. The number of amides is 3. The van der Waals surface area contributed by atoms with Crippen molar-refractivity contribution in [3.63, 3.8) is 0 Å². The molecule has 1 aliphatic heterocycles. The highest BCUT2D eigenvalue weighted by Crippen LogP contribution is 2.02. The lowest BCUT2D eigenvalue weighted by Gasteiger charge is -2.23. The van der Waals surface area contributed by atoms with Gasteiger partial charge >= 0.3 is 12.0 Å². The fourth-order valence-corrected chi connectivity index (χ4v) is 1.59. The highest BCUT2D eigenvalue weighted by atomic mass is 16.4. The molecular formula is C11H15N3O4. The molecule has 7 nitrogen and oxygen atoms in total. The largest absolute Gasteiger partial charge is 0.480 e. The molecule has 18 heavy (non-hydrogen) atoms. The van der Waals surface area contributed by atoms with Gasteiger partial charge < -0.3 is 21.1 Å². The number of nitrogens with one attached hydrogen (secondary N) is 3. The number of carbonyl (C=O) groups is 3. The maximum Gasteiger partial charge on any atom is 0.327 e. The minimum absolute atomic E-state index is 0.111. The summed E-state index contributed by atoms with van der Waals surface area (Å²) in [6.45, 7) is 0.591. The van der Waals surface area contributed by atoms with Crippen LogP contribution in [0.25, 0.3) is 0 Å². The summed E-state index contributed by atoms with van der Waals surface area (Å²) in [4.78, 5) is 33.6. The van der Waals surface area contributed by atoms with Crippen LogP contribution in [0.5, 0.6) is 0 Å². The third-order valence-corrected chi connectivity index (χ3v) is 2.52. The number of hydrogen-bond donors (Lipinski definition) is 4. The van der Waals surface area contributed by atoms with Crippen LogP contribution in [0.4, 0.5) is 4.79 Å². The van der Waals surface area contributed by atoms with Gasteiger partial charge in [0.2, 0.25) is 5.91 Å². The van der Waals surface area contributed by atoms with E-state index in [-0.39, 0.29) is 12.3 Å². The van der Waals surface area contributed by atoms with E-state index < -0.39 is 24.1 Å². The summed E-state index contributed by atoms with van der Waals surface area (Å²) in [5.41, 5.74) is 0. The second-order valence-corrected chi connectivity index (χ2v) is 3.90. The molecule has 2 atom stereocenters. The standard InChI is InChI=1S/C11H15N3O4/c1-2-4-8(10(16)17)14-11(18)13-7-5-3-6-12-9(7)15/h1,7-8H,3-6H2,(H,12,15)(H,16,17)(H2,13,14,18). The van der Waals surface area contributed by atoms with E-state index in [0.717, 1.165) is 6.42 Å². The normalized spacial score (nSPS) is 20.2. The van der Waals surface area contributed by atoms with Crippen LogP contribution in [0.15, 0.2) is 0 Å². The highest BCUT2D eigenvalue weighted by Gasteiger charge is 2.25. The van der Waals surface area contributed by atoms with Crippen LogP contribution in [0, 0.1) is 12.3 Å². The monoisotopic (exact) mass is 253 g/mol. The van der Waals surface area contributed by atoms with Crippen molar-refractivity contribution in [3.05, 3.63) is 0 Å². The third kappa shape index (κ3) is 3.97. The molecule has 2 unspecified atom stereocenters. The van der Waals surface area contributed by atoms with E-state index in [9.17, 15) is 14.4 Å². The van der Waals surface area contributed by atoms with Gasteiger partial charge in [-0.05, 0) is 12.8 Å². The predicted molar refractivity (Wildman–Crippen MR) is 62.6 cm³/mol. The van der Waals surface area contributed by atoms with Crippen LogP contribution in [-0.4, -0.2) is 41.6 Å². The smallest absolute Gasteiger partial charge is 0.327 e. The topological polar surface area (TPSA) is 108 Å². The van der Waals surface area contributed by atoms with Gasteiger partial charge in [0.15, 0.2) is 0 Å². The predicted octanol–water partition coefficient (Wildman–Crippen LogP) is -0.959. The molecule has 0 aliphatic carbocycles. The first kappa shape index (κ1) is 13.8. The second-order valence-electron chi connectivity index (χ2n) is 3.90. The summed E-state index contributed by atoms with van der Waals surface area (Å²) >= 11 is 0. The van der Waals surface area contributed by atoms with Gasteiger partial charge in [-0.3, -0.25) is 4.79 Å². The Hall–Kier alpha value is -2.23. The van der Waals surface area contributed by atoms with Crippen molar-refractivity contribution in [1.82, 2.24) is 16.0 Å². The second kappa shape index (κ2) is 6.49. The lowest BCUT2D eigenvalue weighted by molar-refractivity contribution is -0.139. The van der Waals surface area contributed by atoms with Crippen molar-refractivity contribution in [1.29, 1.82) is 0 Å². The first-order valence-electron chi connectivity index (χ1n) is 5.55. The summed E-state index contributed by atoms with van der Waals surface area (Å²) in [6, 6.07) is -2.49. The van der Waals surface area contributed by atoms with E-state index >= 15 is 0 Å². The van der Waals surface area contributed by atoms with Crippen molar-refractivity contribution >= 4 is 17.9 Å². The molecule has 1 heterocycles. The molecule has 0 saturated carbocycles. The van der Waals surface area contributed by atoms with Gasteiger partial charge in [-0.1, -0.05) is 0 Å². The number of piperidine rings is 1. The van der Waals surface area contributed by atoms with Gasteiger partial charge in [0.1, 0.15) is 12.1 Å². The molecule has 1 rings (SSSR count). The number of carbonyl (C=O) groups excluding carboxylic acids is 2. The molecule has 0 spiro atoms. The Morgan fingerprint density at radius 3 is 2.89 bits per heavy atom. The zero-order valence-electron chi connectivity index (χ0n) is 9.73. The Kier molecular flexibility index (Phi) is 4.99. The molecule has 0 bridgehead atoms. The van der Waals surface area contributed by atoms with Crippen LogP contribution in [0.3, 0.4) is 0 Å². The van der Waals surface area contributed by atoms with E-state index in [0.29, 0.717) is 13.0 Å².